The second-order valence-corrected chi connectivity index (χ2v) is 4.66. The number of H-pyrrole nitrogens is 3. The minimum Gasteiger partial charge on any atom is -0.351 e. The molecular formula is C15H12N6. The van der Waals surface area contributed by atoms with Crippen molar-refractivity contribution in [2.24, 2.45) is 0 Å². The lowest BCUT2D eigenvalue weighted by atomic mass is 10.0. The van der Waals surface area contributed by atoms with Crippen LogP contribution in [0.5, 0.6) is 0 Å². The molecule has 0 aliphatic carbocycles. The maximum Gasteiger partial charge on any atom is 0.0927 e. The Morgan fingerprint density at radius 1 is 0.524 bits per heavy atom. The van der Waals surface area contributed by atoms with Gasteiger partial charge in [0.05, 0.1) is 36.1 Å². The van der Waals surface area contributed by atoms with Gasteiger partial charge in [-0.3, -0.25) is 0 Å². The molecule has 0 fully saturated rings. The highest BCUT2D eigenvalue weighted by molar-refractivity contribution is 5.77. The van der Waals surface area contributed by atoms with Gasteiger partial charge in [0.1, 0.15) is 0 Å². The van der Waals surface area contributed by atoms with Crippen LogP contribution in [0.25, 0.3) is 33.8 Å². The van der Waals surface area contributed by atoms with E-state index >= 15 is 0 Å². The van der Waals surface area contributed by atoms with E-state index in [0.717, 1.165) is 33.8 Å². The van der Waals surface area contributed by atoms with Gasteiger partial charge in [0.15, 0.2) is 0 Å². The average Bonchev–Trinajstić information content (AvgIpc) is 3.29. The lowest BCUT2D eigenvalue weighted by Gasteiger charge is -2.06. The van der Waals surface area contributed by atoms with Gasteiger partial charge < -0.3 is 15.0 Å². The molecule has 3 heterocycles. The standard InChI is InChI=1S/C15H12N6/c1-10(13-4-16-7-19-13)2-12(15-6-18-9-21-15)3-11(1)14-5-17-8-20-14/h1-9H,(H,16,19)(H,17,20)(H,18,21). The SMILES string of the molecule is c1nc(-c2cc(-c3c[nH]cn3)cc(-c3c[nH]cn3)c2)c[nH]1. The predicted octanol–water partition coefficient (Wildman–Crippen LogP) is 2.86. The fraction of sp³-hybridized carbons (Fsp3) is 0. The smallest absolute Gasteiger partial charge is 0.0927 e. The Kier molecular flexibility index (Phi) is 2.64. The molecule has 4 rings (SSSR count). The van der Waals surface area contributed by atoms with Crippen molar-refractivity contribution in [3.05, 3.63) is 55.8 Å². The van der Waals surface area contributed by atoms with Crippen LogP contribution in [0.2, 0.25) is 0 Å². The van der Waals surface area contributed by atoms with E-state index in [9.17, 15) is 0 Å². The van der Waals surface area contributed by atoms with E-state index in [1.807, 2.05) is 18.6 Å². The van der Waals surface area contributed by atoms with Gasteiger partial charge in [-0.25, -0.2) is 15.0 Å². The van der Waals surface area contributed by atoms with Crippen LogP contribution >= 0.6 is 0 Å². The number of aromatic nitrogens is 6. The normalized spacial score (nSPS) is 10.9. The maximum absolute atomic E-state index is 4.32. The van der Waals surface area contributed by atoms with Crippen molar-refractivity contribution in [3.63, 3.8) is 0 Å². The Morgan fingerprint density at radius 3 is 1.10 bits per heavy atom. The molecule has 0 radical (unpaired) electrons. The van der Waals surface area contributed by atoms with Crippen molar-refractivity contribution in [3.8, 4) is 33.8 Å². The third kappa shape index (κ3) is 2.12. The summed E-state index contributed by atoms with van der Waals surface area (Å²) in [6.45, 7) is 0. The first kappa shape index (κ1) is 11.7. The van der Waals surface area contributed by atoms with Crippen molar-refractivity contribution in [1.29, 1.82) is 0 Å². The molecule has 3 aromatic heterocycles. The quantitative estimate of drug-likeness (QED) is 0.537. The number of aromatic amines is 3. The van der Waals surface area contributed by atoms with Crippen LogP contribution in [0.3, 0.4) is 0 Å². The highest BCUT2D eigenvalue weighted by Gasteiger charge is 2.10. The second kappa shape index (κ2) is 4.75. The van der Waals surface area contributed by atoms with Gasteiger partial charge in [-0.1, -0.05) is 0 Å². The minimum absolute atomic E-state index is 0.893. The molecule has 21 heavy (non-hydrogen) atoms. The Hall–Kier alpha value is -3.15. The largest absolute Gasteiger partial charge is 0.351 e. The van der Waals surface area contributed by atoms with Crippen molar-refractivity contribution >= 4 is 0 Å². The zero-order valence-electron chi connectivity index (χ0n) is 11.0. The van der Waals surface area contributed by atoms with Crippen molar-refractivity contribution < 1.29 is 0 Å². The van der Waals surface area contributed by atoms with Gasteiger partial charge in [-0.2, -0.15) is 0 Å². The fourth-order valence-electron chi connectivity index (χ4n) is 2.33. The molecule has 0 amide bonds. The topological polar surface area (TPSA) is 86.0 Å². The number of hydrogen-bond acceptors (Lipinski definition) is 3. The van der Waals surface area contributed by atoms with E-state index in [0.29, 0.717) is 0 Å². The Morgan fingerprint density at radius 2 is 0.857 bits per heavy atom. The van der Waals surface area contributed by atoms with E-state index in [-0.39, 0.29) is 0 Å². The molecule has 0 unspecified atom stereocenters. The van der Waals surface area contributed by atoms with Crippen LogP contribution in [0.1, 0.15) is 0 Å². The molecule has 0 saturated carbocycles. The summed E-state index contributed by atoms with van der Waals surface area (Å²) >= 11 is 0. The lowest BCUT2D eigenvalue weighted by Crippen LogP contribution is -1.86. The molecule has 0 bridgehead atoms. The minimum atomic E-state index is 0.893. The van der Waals surface area contributed by atoms with Gasteiger partial charge in [0, 0.05) is 35.3 Å². The highest BCUT2D eigenvalue weighted by atomic mass is 14.9. The predicted molar refractivity (Wildman–Crippen MR) is 79.2 cm³/mol. The molecule has 1 aromatic carbocycles. The number of rotatable bonds is 3. The molecule has 0 aliphatic rings. The summed E-state index contributed by atoms with van der Waals surface area (Å²) in [5, 5.41) is 0. The van der Waals surface area contributed by atoms with E-state index in [1.54, 1.807) is 19.0 Å². The molecule has 3 N–H and O–H groups in total. The summed E-state index contributed by atoms with van der Waals surface area (Å²) < 4.78 is 0. The third-order valence-corrected chi connectivity index (χ3v) is 3.31. The van der Waals surface area contributed by atoms with Gasteiger partial charge in [-0.05, 0) is 18.2 Å². The molecule has 0 aliphatic heterocycles. The van der Waals surface area contributed by atoms with E-state index in [4.69, 9.17) is 0 Å². The molecule has 0 spiro atoms. The average molecular weight is 276 g/mol. The molecule has 0 atom stereocenters. The Bertz CT molecular complexity index is 701. The van der Waals surface area contributed by atoms with Crippen molar-refractivity contribution in [1.82, 2.24) is 29.9 Å². The molecule has 4 aromatic rings. The number of nitrogens with one attached hydrogen (secondary N) is 3. The van der Waals surface area contributed by atoms with Gasteiger partial charge in [0.2, 0.25) is 0 Å². The van der Waals surface area contributed by atoms with Crippen molar-refractivity contribution in [2.45, 2.75) is 0 Å². The summed E-state index contributed by atoms with van der Waals surface area (Å²) in [4.78, 5) is 21.9. The van der Waals surface area contributed by atoms with E-state index in [1.165, 1.54) is 0 Å². The summed E-state index contributed by atoms with van der Waals surface area (Å²) in [5.74, 6) is 0. The van der Waals surface area contributed by atoms with Crippen LogP contribution in [-0.4, -0.2) is 29.9 Å². The monoisotopic (exact) mass is 276 g/mol. The third-order valence-electron chi connectivity index (χ3n) is 3.31. The van der Waals surface area contributed by atoms with Gasteiger partial charge in [0.25, 0.3) is 0 Å². The summed E-state index contributed by atoms with van der Waals surface area (Å²) in [7, 11) is 0. The molecule has 6 nitrogen and oxygen atoms in total. The fourth-order valence-corrected chi connectivity index (χ4v) is 2.33. The molecule has 6 heteroatoms. The van der Waals surface area contributed by atoms with Gasteiger partial charge in [-0.15, -0.1) is 0 Å². The zero-order chi connectivity index (χ0) is 14.1. The molecule has 0 saturated heterocycles. The number of nitrogens with zero attached hydrogens (tertiary/aromatic N) is 3. The number of imidazole rings is 3. The van der Waals surface area contributed by atoms with Crippen LogP contribution in [0, 0.1) is 0 Å². The molecule has 102 valence electrons. The first-order chi connectivity index (χ1) is 10.4. The zero-order valence-corrected chi connectivity index (χ0v) is 11.0. The summed E-state index contributed by atoms with van der Waals surface area (Å²) in [5.41, 5.74) is 5.75. The van der Waals surface area contributed by atoms with Crippen LogP contribution in [0.15, 0.2) is 55.8 Å². The number of benzene rings is 1. The van der Waals surface area contributed by atoms with Crippen molar-refractivity contribution in [2.75, 3.05) is 0 Å². The summed E-state index contributed by atoms with van der Waals surface area (Å²) in [6.07, 6.45) is 10.6. The maximum atomic E-state index is 4.32. The number of hydrogen-bond donors (Lipinski definition) is 3. The first-order valence-corrected chi connectivity index (χ1v) is 6.53. The molecular weight excluding hydrogens is 264 g/mol. The van der Waals surface area contributed by atoms with E-state index in [2.05, 4.69) is 48.1 Å². The second-order valence-electron chi connectivity index (χ2n) is 4.66. The van der Waals surface area contributed by atoms with Gasteiger partial charge >= 0.3 is 0 Å². The Labute approximate surface area is 120 Å². The Balaban J connectivity index is 1.92. The first-order valence-electron chi connectivity index (χ1n) is 6.53. The summed E-state index contributed by atoms with van der Waals surface area (Å²) in [6, 6.07) is 6.22. The lowest BCUT2D eigenvalue weighted by molar-refractivity contribution is 1.31. The van der Waals surface area contributed by atoms with Crippen LogP contribution < -0.4 is 0 Å². The van der Waals surface area contributed by atoms with Crippen LogP contribution in [-0.2, 0) is 0 Å². The van der Waals surface area contributed by atoms with Crippen LogP contribution in [0.4, 0.5) is 0 Å². The highest BCUT2D eigenvalue weighted by Crippen LogP contribution is 2.30. The van der Waals surface area contributed by atoms with E-state index < -0.39 is 0 Å².